The number of nitrogens with one attached hydrogen (secondary N) is 1. The van der Waals surface area contributed by atoms with Gasteiger partial charge in [0.05, 0.1) is 9.88 Å². The molecule has 4 nitrogen and oxygen atoms in total. The number of carbonyl (C=O) groups excluding carboxylic acids is 1. The average Bonchev–Trinajstić information content (AvgIpc) is 2.91. The minimum Gasteiger partial charge on any atom is -0.363 e. The standard InChI is InChI=1S/C19H31N3OS/c1-3-21-11-7-5-9-16-14-17(24-19(16)21)18(23)20-10-13-22-12-6-4-8-15(22)2/h14-15H,3-13H2,1-2H3,(H,20,23). The Morgan fingerprint density at radius 3 is 2.92 bits per heavy atom. The maximum Gasteiger partial charge on any atom is 0.261 e. The molecule has 5 heteroatoms. The molecular weight excluding hydrogens is 318 g/mol. The molecule has 0 aliphatic carbocycles. The van der Waals surface area contributed by atoms with Crippen LogP contribution in [0.1, 0.15) is 61.2 Å². The molecule has 0 aromatic carbocycles. The molecule has 0 bridgehead atoms. The van der Waals surface area contributed by atoms with Gasteiger partial charge in [-0.1, -0.05) is 6.42 Å². The number of likely N-dealkylation sites (tertiary alicyclic amines) is 1. The first-order valence-corrected chi connectivity index (χ1v) is 10.4. The van der Waals surface area contributed by atoms with Crippen molar-refractivity contribution in [3.63, 3.8) is 0 Å². The molecule has 0 saturated carbocycles. The summed E-state index contributed by atoms with van der Waals surface area (Å²) in [6.45, 7) is 9.56. The summed E-state index contributed by atoms with van der Waals surface area (Å²) in [5.74, 6) is 0.105. The van der Waals surface area contributed by atoms with E-state index in [4.69, 9.17) is 0 Å². The van der Waals surface area contributed by atoms with E-state index in [9.17, 15) is 4.79 Å². The third kappa shape index (κ3) is 4.12. The summed E-state index contributed by atoms with van der Waals surface area (Å²) in [5.41, 5.74) is 1.37. The van der Waals surface area contributed by atoms with Gasteiger partial charge in [-0.2, -0.15) is 0 Å². The molecule has 134 valence electrons. The largest absolute Gasteiger partial charge is 0.363 e. The number of thiophene rings is 1. The van der Waals surface area contributed by atoms with Crippen LogP contribution in [0.3, 0.4) is 0 Å². The van der Waals surface area contributed by atoms with E-state index in [2.05, 4.69) is 35.0 Å². The second-order valence-electron chi connectivity index (χ2n) is 7.11. The number of carbonyl (C=O) groups is 1. The Balaban J connectivity index is 1.55. The van der Waals surface area contributed by atoms with Gasteiger partial charge in [0.1, 0.15) is 0 Å². The molecule has 0 radical (unpaired) electrons. The molecular formula is C19H31N3OS. The minimum atomic E-state index is 0.105. The summed E-state index contributed by atoms with van der Waals surface area (Å²) < 4.78 is 0. The van der Waals surface area contributed by atoms with Crippen molar-refractivity contribution in [3.05, 3.63) is 16.5 Å². The van der Waals surface area contributed by atoms with Crippen LogP contribution in [0, 0.1) is 0 Å². The van der Waals surface area contributed by atoms with Crippen molar-refractivity contribution in [1.29, 1.82) is 0 Å². The molecule has 1 amide bonds. The highest BCUT2D eigenvalue weighted by Crippen LogP contribution is 2.35. The van der Waals surface area contributed by atoms with Crippen molar-refractivity contribution in [2.24, 2.45) is 0 Å². The van der Waals surface area contributed by atoms with Gasteiger partial charge < -0.3 is 10.2 Å². The molecule has 1 saturated heterocycles. The van der Waals surface area contributed by atoms with Gasteiger partial charge in [-0.3, -0.25) is 9.69 Å². The highest BCUT2D eigenvalue weighted by atomic mass is 32.1. The zero-order valence-corrected chi connectivity index (χ0v) is 16.0. The third-order valence-electron chi connectivity index (χ3n) is 5.43. The maximum absolute atomic E-state index is 12.5. The Kier molecular flexibility index (Phi) is 6.17. The zero-order valence-electron chi connectivity index (χ0n) is 15.1. The van der Waals surface area contributed by atoms with Crippen LogP contribution in [-0.2, 0) is 6.42 Å². The van der Waals surface area contributed by atoms with Gasteiger partial charge in [-0.05, 0) is 64.1 Å². The van der Waals surface area contributed by atoms with E-state index in [1.807, 2.05) is 0 Å². The number of hydrogen-bond acceptors (Lipinski definition) is 4. The lowest BCUT2D eigenvalue weighted by Crippen LogP contribution is -2.42. The first-order chi connectivity index (χ1) is 11.7. The number of rotatable bonds is 5. The average molecular weight is 350 g/mol. The van der Waals surface area contributed by atoms with E-state index in [1.165, 1.54) is 49.2 Å². The smallest absolute Gasteiger partial charge is 0.261 e. The second kappa shape index (κ2) is 8.34. The Morgan fingerprint density at radius 1 is 1.29 bits per heavy atom. The second-order valence-corrected chi connectivity index (χ2v) is 8.15. The van der Waals surface area contributed by atoms with Crippen molar-refractivity contribution >= 4 is 22.2 Å². The highest BCUT2D eigenvalue weighted by Gasteiger charge is 2.21. The Morgan fingerprint density at radius 2 is 2.12 bits per heavy atom. The molecule has 1 N–H and O–H groups in total. The molecule has 0 spiro atoms. The van der Waals surface area contributed by atoms with Crippen LogP contribution in [0.4, 0.5) is 5.00 Å². The van der Waals surface area contributed by atoms with E-state index >= 15 is 0 Å². The van der Waals surface area contributed by atoms with Gasteiger partial charge in [0.15, 0.2) is 0 Å². The van der Waals surface area contributed by atoms with Gasteiger partial charge in [-0.15, -0.1) is 11.3 Å². The Bertz CT molecular complexity index is 557. The summed E-state index contributed by atoms with van der Waals surface area (Å²) in [4.78, 5) is 18.3. The lowest BCUT2D eigenvalue weighted by Gasteiger charge is -2.33. The lowest BCUT2D eigenvalue weighted by atomic mass is 10.0. The van der Waals surface area contributed by atoms with Gasteiger partial charge in [0.2, 0.25) is 0 Å². The monoisotopic (exact) mass is 349 g/mol. The summed E-state index contributed by atoms with van der Waals surface area (Å²) >= 11 is 1.68. The molecule has 1 atom stereocenters. The molecule has 3 heterocycles. The fourth-order valence-electron chi connectivity index (χ4n) is 3.89. The summed E-state index contributed by atoms with van der Waals surface area (Å²) in [7, 11) is 0. The third-order valence-corrected chi connectivity index (χ3v) is 6.67. The lowest BCUT2D eigenvalue weighted by molar-refractivity contribution is 0.0942. The molecule has 1 fully saturated rings. The predicted octanol–water partition coefficient (Wildman–Crippen LogP) is 3.51. The fraction of sp³-hybridized carbons (Fsp3) is 0.737. The van der Waals surface area contributed by atoms with Crippen LogP contribution in [0.25, 0.3) is 0 Å². The summed E-state index contributed by atoms with van der Waals surface area (Å²) in [5, 5.41) is 4.46. The maximum atomic E-state index is 12.5. The Labute approximate surface area is 150 Å². The summed E-state index contributed by atoms with van der Waals surface area (Å²) in [6, 6.07) is 2.79. The van der Waals surface area contributed by atoms with Crippen molar-refractivity contribution < 1.29 is 4.79 Å². The van der Waals surface area contributed by atoms with Crippen LogP contribution in [0.5, 0.6) is 0 Å². The van der Waals surface area contributed by atoms with Crippen LogP contribution in [-0.4, -0.2) is 49.6 Å². The SMILES string of the molecule is CCN1CCCCc2cc(C(=O)NCCN3CCCCC3C)sc21. The first kappa shape index (κ1) is 17.7. The van der Waals surface area contributed by atoms with Gasteiger partial charge in [0, 0.05) is 32.2 Å². The van der Waals surface area contributed by atoms with Crippen molar-refractivity contribution in [2.75, 3.05) is 37.6 Å². The number of amides is 1. The Hall–Kier alpha value is -1.07. The number of aryl methyl sites for hydroxylation is 1. The molecule has 3 rings (SSSR count). The number of fused-ring (bicyclic) bond motifs is 1. The molecule has 1 aromatic rings. The normalized spacial score (nSPS) is 22.1. The van der Waals surface area contributed by atoms with Crippen molar-refractivity contribution in [3.8, 4) is 0 Å². The van der Waals surface area contributed by atoms with Crippen LogP contribution < -0.4 is 10.2 Å². The first-order valence-electron chi connectivity index (χ1n) is 9.59. The summed E-state index contributed by atoms with van der Waals surface area (Å²) in [6.07, 6.45) is 7.53. The van der Waals surface area contributed by atoms with E-state index < -0.39 is 0 Å². The van der Waals surface area contributed by atoms with Gasteiger partial charge in [0.25, 0.3) is 5.91 Å². The molecule has 1 aromatic heterocycles. The van der Waals surface area contributed by atoms with Crippen LogP contribution in [0.2, 0.25) is 0 Å². The van der Waals surface area contributed by atoms with E-state index in [1.54, 1.807) is 11.3 Å². The molecule has 2 aliphatic rings. The highest BCUT2D eigenvalue weighted by molar-refractivity contribution is 7.18. The molecule has 24 heavy (non-hydrogen) atoms. The van der Waals surface area contributed by atoms with E-state index in [0.717, 1.165) is 37.5 Å². The number of nitrogens with zero attached hydrogens (tertiary/aromatic N) is 2. The zero-order chi connectivity index (χ0) is 16.9. The van der Waals surface area contributed by atoms with Gasteiger partial charge >= 0.3 is 0 Å². The van der Waals surface area contributed by atoms with E-state index in [0.29, 0.717) is 6.04 Å². The fourth-order valence-corrected chi connectivity index (χ4v) is 5.11. The van der Waals surface area contributed by atoms with Crippen molar-refractivity contribution in [2.45, 2.75) is 58.4 Å². The van der Waals surface area contributed by atoms with E-state index in [-0.39, 0.29) is 5.91 Å². The number of piperidine rings is 1. The minimum absolute atomic E-state index is 0.105. The van der Waals surface area contributed by atoms with Crippen LogP contribution in [0.15, 0.2) is 6.07 Å². The van der Waals surface area contributed by atoms with Gasteiger partial charge in [-0.25, -0.2) is 0 Å². The van der Waals surface area contributed by atoms with Crippen molar-refractivity contribution in [1.82, 2.24) is 10.2 Å². The predicted molar refractivity (Wildman–Crippen MR) is 102 cm³/mol. The quantitative estimate of drug-likeness (QED) is 0.883. The topological polar surface area (TPSA) is 35.6 Å². The molecule has 2 aliphatic heterocycles. The van der Waals surface area contributed by atoms with Crippen LogP contribution >= 0.6 is 11.3 Å². The number of hydrogen-bond donors (Lipinski definition) is 1. The molecule has 1 unspecified atom stereocenters. The number of anilines is 1.